The summed E-state index contributed by atoms with van der Waals surface area (Å²) < 4.78 is 0. The van der Waals surface area contributed by atoms with Gasteiger partial charge in [-0.05, 0) is 26.0 Å². The summed E-state index contributed by atoms with van der Waals surface area (Å²) >= 11 is 17.6. The summed E-state index contributed by atoms with van der Waals surface area (Å²) in [4.78, 5) is 22.6. The molecule has 0 fully saturated rings. The third-order valence-electron chi connectivity index (χ3n) is 2.74. The largest absolute Gasteiger partial charge is 0.481 e. The van der Waals surface area contributed by atoms with E-state index in [0.29, 0.717) is 5.02 Å². The van der Waals surface area contributed by atoms with Gasteiger partial charge in [0.25, 0.3) is 0 Å². The Morgan fingerprint density at radius 2 is 1.65 bits per heavy atom. The highest BCUT2D eigenvalue weighted by Gasteiger charge is 2.21. The Balaban J connectivity index is 2.75. The summed E-state index contributed by atoms with van der Waals surface area (Å²) in [5.74, 6) is -1.72. The zero-order valence-corrected chi connectivity index (χ0v) is 13.0. The molecule has 0 spiro atoms. The Labute approximate surface area is 131 Å². The maximum absolute atomic E-state index is 11.8. The number of benzene rings is 1. The molecule has 2 unspecified atom stereocenters. The Kier molecular flexibility index (Phi) is 5.92. The molecule has 3 N–H and O–H groups in total. The summed E-state index contributed by atoms with van der Waals surface area (Å²) in [6.45, 7) is 3.08. The van der Waals surface area contributed by atoms with Crippen LogP contribution in [-0.4, -0.2) is 23.1 Å². The van der Waals surface area contributed by atoms with E-state index in [1.165, 1.54) is 19.1 Å². The first-order chi connectivity index (χ1) is 9.22. The number of urea groups is 1. The summed E-state index contributed by atoms with van der Waals surface area (Å²) in [5.41, 5.74) is 0.213. The quantitative estimate of drug-likeness (QED) is 0.779. The highest BCUT2D eigenvalue weighted by atomic mass is 35.5. The minimum Gasteiger partial charge on any atom is -0.481 e. The SMILES string of the molecule is CC(NC(=O)Nc1c(Cl)cc(Cl)cc1Cl)C(C)C(=O)O. The Morgan fingerprint density at radius 3 is 2.10 bits per heavy atom. The molecule has 20 heavy (non-hydrogen) atoms. The minimum atomic E-state index is -1.000. The van der Waals surface area contributed by atoms with Gasteiger partial charge in [-0.25, -0.2) is 4.79 Å². The summed E-state index contributed by atoms with van der Waals surface area (Å²) in [6, 6.07) is 1.72. The topological polar surface area (TPSA) is 78.4 Å². The van der Waals surface area contributed by atoms with Crippen LogP contribution in [-0.2, 0) is 4.79 Å². The molecule has 0 aliphatic carbocycles. The van der Waals surface area contributed by atoms with E-state index in [9.17, 15) is 9.59 Å². The molecule has 0 radical (unpaired) electrons. The van der Waals surface area contributed by atoms with E-state index in [2.05, 4.69) is 10.6 Å². The van der Waals surface area contributed by atoms with Gasteiger partial charge >= 0.3 is 12.0 Å². The lowest BCUT2D eigenvalue weighted by atomic mass is 10.0. The van der Waals surface area contributed by atoms with Gasteiger partial charge in [0.2, 0.25) is 0 Å². The second kappa shape index (κ2) is 7.02. The van der Waals surface area contributed by atoms with Crippen molar-refractivity contribution in [3.8, 4) is 0 Å². The third-order valence-corrected chi connectivity index (χ3v) is 3.56. The molecule has 2 atom stereocenters. The molecule has 0 bridgehead atoms. The fourth-order valence-corrected chi connectivity index (χ4v) is 2.27. The number of carboxylic acids is 1. The van der Waals surface area contributed by atoms with Crippen LogP contribution in [0.4, 0.5) is 10.5 Å². The molecule has 0 saturated heterocycles. The zero-order chi connectivity index (χ0) is 15.4. The van der Waals surface area contributed by atoms with Crippen LogP contribution in [0.15, 0.2) is 12.1 Å². The molecule has 8 heteroatoms. The average molecular weight is 340 g/mol. The van der Waals surface area contributed by atoms with Crippen LogP contribution in [0, 0.1) is 5.92 Å². The summed E-state index contributed by atoms with van der Waals surface area (Å²) in [5, 5.41) is 14.5. The molecule has 2 amide bonds. The number of halogens is 3. The van der Waals surface area contributed by atoms with Gasteiger partial charge in [0.05, 0.1) is 21.7 Å². The first-order valence-corrected chi connectivity index (χ1v) is 6.80. The number of nitrogens with one attached hydrogen (secondary N) is 2. The van der Waals surface area contributed by atoms with Crippen molar-refractivity contribution in [3.63, 3.8) is 0 Å². The fraction of sp³-hybridized carbons (Fsp3) is 0.333. The first kappa shape index (κ1) is 16.9. The molecule has 0 aromatic heterocycles. The lowest BCUT2D eigenvalue weighted by Crippen LogP contribution is -2.42. The number of hydrogen-bond donors (Lipinski definition) is 3. The number of amides is 2. The Bertz CT molecular complexity index is 514. The van der Waals surface area contributed by atoms with Gasteiger partial charge in [0.15, 0.2) is 0 Å². The normalized spacial score (nSPS) is 13.4. The van der Waals surface area contributed by atoms with E-state index in [1.807, 2.05) is 0 Å². The third kappa shape index (κ3) is 4.44. The van der Waals surface area contributed by atoms with Crippen LogP contribution in [0.25, 0.3) is 0 Å². The van der Waals surface area contributed by atoms with Gasteiger partial charge < -0.3 is 15.7 Å². The smallest absolute Gasteiger partial charge is 0.319 e. The number of hydrogen-bond acceptors (Lipinski definition) is 2. The second-order valence-electron chi connectivity index (χ2n) is 4.26. The number of aliphatic carboxylic acids is 1. The molecule has 0 aliphatic rings. The van der Waals surface area contributed by atoms with E-state index >= 15 is 0 Å². The molecule has 1 aromatic carbocycles. The highest BCUT2D eigenvalue weighted by Crippen LogP contribution is 2.33. The summed E-state index contributed by atoms with van der Waals surface area (Å²) in [6.07, 6.45) is 0. The van der Waals surface area contributed by atoms with Crippen molar-refractivity contribution in [2.24, 2.45) is 5.92 Å². The molecule has 110 valence electrons. The number of carboxylic acid groups (broad SMARTS) is 1. The van der Waals surface area contributed by atoms with E-state index in [1.54, 1.807) is 6.92 Å². The number of anilines is 1. The fourth-order valence-electron chi connectivity index (χ4n) is 1.36. The maximum Gasteiger partial charge on any atom is 0.319 e. The van der Waals surface area contributed by atoms with Crippen LogP contribution < -0.4 is 10.6 Å². The van der Waals surface area contributed by atoms with Crippen molar-refractivity contribution in [1.29, 1.82) is 0 Å². The van der Waals surface area contributed by atoms with Gasteiger partial charge in [-0.1, -0.05) is 34.8 Å². The van der Waals surface area contributed by atoms with Crippen LogP contribution in [0.3, 0.4) is 0 Å². The van der Waals surface area contributed by atoms with E-state index in [-0.39, 0.29) is 15.7 Å². The van der Waals surface area contributed by atoms with Crippen LogP contribution in [0.2, 0.25) is 15.1 Å². The lowest BCUT2D eigenvalue weighted by Gasteiger charge is -2.18. The second-order valence-corrected chi connectivity index (χ2v) is 5.51. The molecule has 0 saturated carbocycles. The van der Waals surface area contributed by atoms with Crippen molar-refractivity contribution >= 4 is 52.5 Å². The molecular weight excluding hydrogens is 327 g/mol. The molecule has 0 aliphatic heterocycles. The monoisotopic (exact) mass is 338 g/mol. The predicted molar refractivity (Wildman–Crippen MR) is 79.9 cm³/mol. The van der Waals surface area contributed by atoms with Crippen molar-refractivity contribution in [2.75, 3.05) is 5.32 Å². The molecule has 1 rings (SSSR count). The first-order valence-electron chi connectivity index (χ1n) is 5.67. The predicted octanol–water partition coefficient (Wildman–Crippen LogP) is 3.88. The molecule has 1 aromatic rings. The van der Waals surface area contributed by atoms with Crippen LogP contribution in [0.1, 0.15) is 13.8 Å². The number of rotatable bonds is 4. The average Bonchev–Trinajstić information content (AvgIpc) is 2.32. The van der Waals surface area contributed by atoms with Crippen molar-refractivity contribution in [2.45, 2.75) is 19.9 Å². The Morgan fingerprint density at radius 1 is 1.15 bits per heavy atom. The van der Waals surface area contributed by atoms with Gasteiger partial charge in [0, 0.05) is 11.1 Å². The van der Waals surface area contributed by atoms with Crippen LogP contribution in [0.5, 0.6) is 0 Å². The molecule has 5 nitrogen and oxygen atoms in total. The van der Waals surface area contributed by atoms with Gasteiger partial charge in [-0.15, -0.1) is 0 Å². The Hall–Kier alpha value is -1.17. The number of carbonyl (C=O) groups is 2. The lowest BCUT2D eigenvalue weighted by molar-refractivity contribution is -0.141. The van der Waals surface area contributed by atoms with Gasteiger partial charge in [0.1, 0.15) is 0 Å². The van der Waals surface area contributed by atoms with Gasteiger partial charge in [-0.3, -0.25) is 4.79 Å². The molecule has 0 heterocycles. The van der Waals surface area contributed by atoms with Crippen molar-refractivity contribution in [1.82, 2.24) is 5.32 Å². The molecular formula is C12H13Cl3N2O3. The standard InChI is InChI=1S/C12H13Cl3N2O3/c1-5(11(18)19)6(2)16-12(20)17-10-8(14)3-7(13)4-9(10)15/h3-6H,1-2H3,(H,18,19)(H2,16,17,20). The highest BCUT2D eigenvalue weighted by molar-refractivity contribution is 6.42. The summed E-state index contributed by atoms with van der Waals surface area (Å²) in [7, 11) is 0. The minimum absolute atomic E-state index is 0.191. The number of carbonyl (C=O) groups excluding carboxylic acids is 1. The van der Waals surface area contributed by atoms with Crippen molar-refractivity contribution in [3.05, 3.63) is 27.2 Å². The van der Waals surface area contributed by atoms with E-state index in [4.69, 9.17) is 39.9 Å². The van der Waals surface area contributed by atoms with Gasteiger partial charge in [-0.2, -0.15) is 0 Å². The van der Waals surface area contributed by atoms with E-state index in [0.717, 1.165) is 0 Å². The maximum atomic E-state index is 11.8. The van der Waals surface area contributed by atoms with Crippen molar-refractivity contribution < 1.29 is 14.7 Å². The van der Waals surface area contributed by atoms with Crippen LogP contribution >= 0.6 is 34.8 Å². The van der Waals surface area contributed by atoms with E-state index < -0.39 is 24.0 Å². The zero-order valence-electron chi connectivity index (χ0n) is 10.7.